The van der Waals surface area contributed by atoms with Crippen molar-refractivity contribution in [1.82, 2.24) is 9.88 Å². The molecule has 0 saturated carbocycles. The Hall–Kier alpha value is -2.27. The Morgan fingerprint density at radius 1 is 1.27 bits per heavy atom. The largest absolute Gasteiger partial charge is 0.379 e. The molecular weight excluding hydrogens is 331 g/mol. The van der Waals surface area contributed by atoms with E-state index in [0.717, 1.165) is 30.5 Å². The van der Waals surface area contributed by atoms with Crippen molar-refractivity contribution in [2.75, 3.05) is 13.7 Å². The molecule has 0 bridgehead atoms. The lowest BCUT2D eigenvalue weighted by molar-refractivity contribution is -0.139. The number of carbonyl (C=O) groups is 1. The molecule has 1 amide bonds. The summed E-state index contributed by atoms with van der Waals surface area (Å²) in [5, 5.41) is 0. The van der Waals surface area contributed by atoms with Gasteiger partial charge in [-0.1, -0.05) is 18.2 Å². The number of benzene rings is 1. The fourth-order valence-electron chi connectivity index (χ4n) is 3.65. The first-order valence-corrected chi connectivity index (χ1v) is 9.13. The summed E-state index contributed by atoms with van der Waals surface area (Å²) in [6.45, 7) is 0.748. The van der Waals surface area contributed by atoms with E-state index in [4.69, 9.17) is 4.74 Å². The second-order valence-corrected chi connectivity index (χ2v) is 6.76. The molecule has 1 aromatic heterocycles. The third kappa shape index (κ3) is 4.67. The first-order valence-electron chi connectivity index (χ1n) is 9.13. The summed E-state index contributed by atoms with van der Waals surface area (Å²) in [7, 11) is 1.70. The highest BCUT2D eigenvalue weighted by Crippen LogP contribution is 2.24. The van der Waals surface area contributed by atoms with Gasteiger partial charge in [-0.3, -0.25) is 9.78 Å². The van der Waals surface area contributed by atoms with Gasteiger partial charge in [0.05, 0.1) is 12.1 Å². The van der Waals surface area contributed by atoms with E-state index in [1.54, 1.807) is 31.6 Å². The number of aryl methyl sites for hydroxylation is 1. The summed E-state index contributed by atoms with van der Waals surface area (Å²) < 4.78 is 18.8. The highest BCUT2D eigenvalue weighted by molar-refractivity contribution is 5.77. The molecular formula is C21H25FN2O2. The molecule has 0 unspecified atom stereocenters. The number of pyridine rings is 1. The van der Waals surface area contributed by atoms with Gasteiger partial charge in [-0.2, -0.15) is 0 Å². The minimum absolute atomic E-state index is 0.0103. The second kappa shape index (κ2) is 8.90. The molecule has 1 fully saturated rings. The zero-order valence-electron chi connectivity index (χ0n) is 15.1. The van der Waals surface area contributed by atoms with E-state index in [1.165, 1.54) is 12.1 Å². The maximum atomic E-state index is 13.2. The van der Waals surface area contributed by atoms with E-state index in [0.29, 0.717) is 19.3 Å². The molecule has 3 rings (SSSR count). The summed E-state index contributed by atoms with van der Waals surface area (Å²) in [6.07, 6.45) is 7.25. The average molecular weight is 356 g/mol. The molecule has 5 heteroatoms. The molecule has 138 valence electrons. The van der Waals surface area contributed by atoms with Crippen LogP contribution in [0.4, 0.5) is 4.39 Å². The van der Waals surface area contributed by atoms with Gasteiger partial charge in [-0.05, 0) is 55.0 Å². The standard InChI is InChI=1S/C21H25FN2O2/c1-26-20-5-3-13-24(19(20)14-16-6-9-18(22)10-7-16)21(25)11-8-17-4-2-12-23-15-17/h2,4,6-7,9-10,12,15,19-20H,3,5,8,11,13-14H2,1H3/t19-,20-/m0/s1. The number of hydrogen-bond acceptors (Lipinski definition) is 3. The molecule has 1 aliphatic rings. The summed E-state index contributed by atoms with van der Waals surface area (Å²) >= 11 is 0. The van der Waals surface area contributed by atoms with Gasteiger partial charge in [0, 0.05) is 32.5 Å². The van der Waals surface area contributed by atoms with E-state index in [1.807, 2.05) is 17.0 Å². The predicted octanol–water partition coefficient (Wildman–Crippen LogP) is 3.40. The molecule has 1 saturated heterocycles. The molecule has 0 spiro atoms. The highest BCUT2D eigenvalue weighted by Gasteiger charge is 2.34. The number of piperidine rings is 1. The summed E-state index contributed by atoms with van der Waals surface area (Å²) in [5.74, 6) is -0.104. The molecule has 4 nitrogen and oxygen atoms in total. The van der Waals surface area contributed by atoms with Crippen LogP contribution in [0.15, 0.2) is 48.8 Å². The molecule has 0 aliphatic carbocycles. The highest BCUT2D eigenvalue weighted by atomic mass is 19.1. The van der Waals surface area contributed by atoms with Gasteiger partial charge in [-0.15, -0.1) is 0 Å². The Labute approximate surface area is 154 Å². The molecule has 1 aliphatic heterocycles. The van der Waals surface area contributed by atoms with Gasteiger partial charge in [0.1, 0.15) is 5.82 Å². The molecule has 2 atom stereocenters. The monoisotopic (exact) mass is 356 g/mol. The smallest absolute Gasteiger partial charge is 0.223 e. The third-order valence-electron chi connectivity index (χ3n) is 5.05. The Bertz CT molecular complexity index is 706. The number of hydrogen-bond donors (Lipinski definition) is 0. The van der Waals surface area contributed by atoms with Crippen molar-refractivity contribution in [2.24, 2.45) is 0 Å². The van der Waals surface area contributed by atoms with Crippen LogP contribution in [0.1, 0.15) is 30.4 Å². The van der Waals surface area contributed by atoms with Crippen molar-refractivity contribution in [3.05, 3.63) is 65.7 Å². The van der Waals surface area contributed by atoms with Gasteiger partial charge in [0.25, 0.3) is 0 Å². The van der Waals surface area contributed by atoms with Crippen LogP contribution < -0.4 is 0 Å². The number of likely N-dealkylation sites (tertiary alicyclic amines) is 1. The number of carbonyl (C=O) groups excluding carboxylic acids is 1. The molecule has 0 radical (unpaired) electrons. The van der Waals surface area contributed by atoms with Gasteiger partial charge < -0.3 is 9.64 Å². The van der Waals surface area contributed by atoms with Gasteiger partial charge >= 0.3 is 0 Å². The fraction of sp³-hybridized carbons (Fsp3) is 0.429. The lowest BCUT2D eigenvalue weighted by atomic mass is 9.92. The van der Waals surface area contributed by atoms with Crippen LogP contribution in [-0.2, 0) is 22.4 Å². The first-order chi connectivity index (χ1) is 12.7. The van der Waals surface area contributed by atoms with Crippen LogP contribution in [0.3, 0.4) is 0 Å². The van der Waals surface area contributed by atoms with Crippen LogP contribution >= 0.6 is 0 Å². The predicted molar refractivity (Wildman–Crippen MR) is 98.2 cm³/mol. The number of ether oxygens (including phenoxy) is 1. The maximum absolute atomic E-state index is 13.2. The molecule has 2 aromatic rings. The second-order valence-electron chi connectivity index (χ2n) is 6.76. The zero-order valence-corrected chi connectivity index (χ0v) is 15.1. The van der Waals surface area contributed by atoms with Gasteiger partial charge in [0.2, 0.25) is 5.91 Å². The van der Waals surface area contributed by atoms with Crippen molar-refractivity contribution in [2.45, 2.75) is 44.2 Å². The van der Waals surface area contributed by atoms with Crippen molar-refractivity contribution in [3.63, 3.8) is 0 Å². The molecule has 1 aromatic carbocycles. The van der Waals surface area contributed by atoms with Crippen LogP contribution in [0, 0.1) is 5.82 Å². The number of halogens is 1. The summed E-state index contributed by atoms with van der Waals surface area (Å²) in [6, 6.07) is 10.4. The van der Waals surface area contributed by atoms with Crippen molar-refractivity contribution < 1.29 is 13.9 Å². The van der Waals surface area contributed by atoms with Crippen LogP contribution in [0.2, 0.25) is 0 Å². The minimum atomic E-state index is -0.245. The topological polar surface area (TPSA) is 42.4 Å². The number of nitrogens with zero attached hydrogens (tertiary/aromatic N) is 2. The Kier molecular flexibility index (Phi) is 6.34. The van der Waals surface area contributed by atoms with Gasteiger partial charge in [0.15, 0.2) is 0 Å². The fourth-order valence-corrected chi connectivity index (χ4v) is 3.65. The quantitative estimate of drug-likeness (QED) is 0.797. The lowest BCUT2D eigenvalue weighted by Crippen LogP contribution is -2.52. The van der Waals surface area contributed by atoms with Crippen LogP contribution in [-0.4, -0.2) is 41.6 Å². The number of rotatable bonds is 6. The maximum Gasteiger partial charge on any atom is 0.223 e. The van der Waals surface area contributed by atoms with Crippen molar-refractivity contribution >= 4 is 5.91 Å². The van der Waals surface area contributed by atoms with Crippen LogP contribution in [0.25, 0.3) is 0 Å². The SMILES string of the molecule is CO[C@H]1CCCN(C(=O)CCc2cccnc2)[C@H]1Cc1ccc(F)cc1. The van der Waals surface area contributed by atoms with E-state index < -0.39 is 0 Å². The van der Waals surface area contributed by atoms with E-state index in [2.05, 4.69) is 4.98 Å². The minimum Gasteiger partial charge on any atom is -0.379 e. The van der Waals surface area contributed by atoms with Crippen molar-refractivity contribution in [1.29, 1.82) is 0 Å². The van der Waals surface area contributed by atoms with E-state index >= 15 is 0 Å². The number of amides is 1. The van der Waals surface area contributed by atoms with Crippen LogP contribution in [0.5, 0.6) is 0 Å². The zero-order chi connectivity index (χ0) is 18.4. The third-order valence-corrected chi connectivity index (χ3v) is 5.05. The van der Waals surface area contributed by atoms with Crippen molar-refractivity contribution in [3.8, 4) is 0 Å². The molecule has 0 N–H and O–H groups in total. The lowest BCUT2D eigenvalue weighted by Gasteiger charge is -2.41. The first kappa shape index (κ1) is 18.5. The number of methoxy groups -OCH3 is 1. The van der Waals surface area contributed by atoms with Gasteiger partial charge in [-0.25, -0.2) is 4.39 Å². The Morgan fingerprint density at radius 3 is 2.77 bits per heavy atom. The Morgan fingerprint density at radius 2 is 2.08 bits per heavy atom. The normalized spacial score (nSPS) is 20.2. The molecule has 26 heavy (non-hydrogen) atoms. The summed E-state index contributed by atoms with van der Waals surface area (Å²) in [4.78, 5) is 18.9. The molecule has 2 heterocycles. The Balaban J connectivity index is 1.69. The summed E-state index contributed by atoms with van der Waals surface area (Å²) in [5.41, 5.74) is 2.08. The van der Waals surface area contributed by atoms with E-state index in [9.17, 15) is 9.18 Å². The average Bonchev–Trinajstić information content (AvgIpc) is 2.68. The van der Waals surface area contributed by atoms with E-state index in [-0.39, 0.29) is 23.9 Å². The number of aromatic nitrogens is 1.